The van der Waals surface area contributed by atoms with E-state index in [-0.39, 0.29) is 0 Å². The van der Waals surface area contributed by atoms with Gasteiger partial charge in [0, 0.05) is 6.04 Å². The summed E-state index contributed by atoms with van der Waals surface area (Å²) in [6, 6.07) is 9.09. The average molecular weight is 192 g/mol. The minimum absolute atomic E-state index is 0.444. The van der Waals surface area contributed by atoms with Crippen LogP contribution in [0.3, 0.4) is 0 Å². The molecule has 0 fully saturated rings. The monoisotopic (exact) mass is 192 g/mol. The predicted octanol–water partition coefficient (Wildman–Crippen LogP) is 1.95. The van der Waals surface area contributed by atoms with Crippen LogP contribution in [-0.2, 0) is 0 Å². The second kappa shape index (κ2) is 5.13. The van der Waals surface area contributed by atoms with Gasteiger partial charge in [0.15, 0.2) is 0 Å². The molecule has 0 amide bonds. The zero-order chi connectivity index (χ0) is 10.6. The van der Waals surface area contributed by atoms with E-state index in [9.17, 15) is 0 Å². The molecule has 1 unspecified atom stereocenters. The molecule has 1 aromatic carbocycles. The van der Waals surface area contributed by atoms with E-state index < -0.39 is 0 Å². The fraction of sp³-hybridized carbons (Fsp3) is 0.500. The van der Waals surface area contributed by atoms with Crippen molar-refractivity contribution in [1.82, 2.24) is 4.90 Å². The number of hydrogen-bond donors (Lipinski definition) is 1. The summed E-state index contributed by atoms with van der Waals surface area (Å²) in [6.07, 6.45) is 1.01. The number of rotatable bonds is 4. The van der Waals surface area contributed by atoms with Crippen LogP contribution >= 0.6 is 0 Å². The average Bonchev–Trinajstić information content (AvgIpc) is 2.13. The number of nitrogens with zero attached hydrogens (tertiary/aromatic N) is 1. The van der Waals surface area contributed by atoms with Gasteiger partial charge in [0.2, 0.25) is 0 Å². The smallest absolute Gasteiger partial charge is 0.0354 e. The predicted molar refractivity (Wildman–Crippen MR) is 61.3 cm³/mol. The number of aryl methyl sites for hydroxylation is 1. The zero-order valence-corrected chi connectivity index (χ0v) is 9.33. The van der Waals surface area contributed by atoms with E-state index in [4.69, 9.17) is 5.73 Å². The Morgan fingerprint density at radius 2 is 2.07 bits per heavy atom. The Balaban J connectivity index is 2.87. The molecule has 0 aliphatic carbocycles. The van der Waals surface area contributed by atoms with Crippen LogP contribution in [0.4, 0.5) is 0 Å². The highest BCUT2D eigenvalue weighted by Gasteiger charge is 2.12. The Morgan fingerprint density at radius 3 is 2.57 bits per heavy atom. The van der Waals surface area contributed by atoms with Gasteiger partial charge in [-0.25, -0.2) is 0 Å². The Kier molecular flexibility index (Phi) is 4.11. The van der Waals surface area contributed by atoms with Crippen LogP contribution in [0, 0.1) is 6.92 Å². The molecule has 0 heterocycles. The number of nitrogens with two attached hydrogens (primary N) is 1. The summed E-state index contributed by atoms with van der Waals surface area (Å²) in [5.74, 6) is 0. The first-order valence-electron chi connectivity index (χ1n) is 5.08. The second-order valence-electron chi connectivity index (χ2n) is 3.97. The molecule has 0 bridgehead atoms. The highest BCUT2D eigenvalue weighted by molar-refractivity contribution is 5.25. The molecule has 0 aromatic heterocycles. The number of hydrogen-bond acceptors (Lipinski definition) is 2. The lowest BCUT2D eigenvalue weighted by Crippen LogP contribution is -2.22. The first kappa shape index (κ1) is 11.2. The first-order chi connectivity index (χ1) is 6.65. The molecule has 0 aliphatic heterocycles. The van der Waals surface area contributed by atoms with E-state index in [2.05, 4.69) is 50.2 Å². The minimum Gasteiger partial charge on any atom is -0.330 e. The summed E-state index contributed by atoms with van der Waals surface area (Å²) < 4.78 is 0. The van der Waals surface area contributed by atoms with Crippen molar-refractivity contribution in [3.8, 4) is 0 Å². The molecule has 0 radical (unpaired) electrons. The van der Waals surface area contributed by atoms with Gasteiger partial charge in [0.1, 0.15) is 0 Å². The largest absolute Gasteiger partial charge is 0.330 e. The third-order valence-corrected chi connectivity index (χ3v) is 2.49. The maximum absolute atomic E-state index is 5.62. The van der Waals surface area contributed by atoms with Crippen molar-refractivity contribution in [2.75, 3.05) is 20.6 Å². The zero-order valence-electron chi connectivity index (χ0n) is 9.33. The molecule has 14 heavy (non-hydrogen) atoms. The molecule has 1 aromatic rings. The van der Waals surface area contributed by atoms with Gasteiger partial charge in [0.25, 0.3) is 0 Å². The number of benzene rings is 1. The third-order valence-electron chi connectivity index (χ3n) is 2.49. The molecule has 1 atom stereocenters. The lowest BCUT2D eigenvalue weighted by Gasteiger charge is -2.24. The van der Waals surface area contributed by atoms with Crippen LogP contribution in [0.2, 0.25) is 0 Å². The van der Waals surface area contributed by atoms with Crippen LogP contribution in [0.25, 0.3) is 0 Å². The first-order valence-corrected chi connectivity index (χ1v) is 5.08. The SMILES string of the molecule is Cc1cccc(C(CCN)N(C)C)c1. The minimum atomic E-state index is 0.444. The van der Waals surface area contributed by atoms with Crippen molar-refractivity contribution < 1.29 is 0 Å². The maximum Gasteiger partial charge on any atom is 0.0354 e. The van der Waals surface area contributed by atoms with E-state index in [0.717, 1.165) is 13.0 Å². The molecule has 2 heteroatoms. The van der Waals surface area contributed by atoms with Gasteiger partial charge in [-0.3, -0.25) is 0 Å². The summed E-state index contributed by atoms with van der Waals surface area (Å²) in [5.41, 5.74) is 8.29. The van der Waals surface area contributed by atoms with Crippen molar-refractivity contribution in [3.63, 3.8) is 0 Å². The fourth-order valence-electron chi connectivity index (χ4n) is 1.76. The van der Waals surface area contributed by atoms with Crippen molar-refractivity contribution in [1.29, 1.82) is 0 Å². The molecule has 0 saturated carbocycles. The van der Waals surface area contributed by atoms with E-state index in [1.165, 1.54) is 11.1 Å². The van der Waals surface area contributed by atoms with E-state index in [1.807, 2.05) is 0 Å². The van der Waals surface area contributed by atoms with Crippen molar-refractivity contribution in [2.24, 2.45) is 5.73 Å². The van der Waals surface area contributed by atoms with Crippen molar-refractivity contribution in [3.05, 3.63) is 35.4 Å². The third kappa shape index (κ3) is 2.82. The van der Waals surface area contributed by atoms with Crippen molar-refractivity contribution in [2.45, 2.75) is 19.4 Å². The molecule has 78 valence electrons. The van der Waals surface area contributed by atoms with Gasteiger partial charge in [0.05, 0.1) is 0 Å². The normalized spacial score (nSPS) is 13.2. The van der Waals surface area contributed by atoms with Crippen LogP contribution < -0.4 is 5.73 Å². The van der Waals surface area contributed by atoms with Gasteiger partial charge in [-0.1, -0.05) is 29.8 Å². The van der Waals surface area contributed by atoms with Crippen molar-refractivity contribution >= 4 is 0 Å². The van der Waals surface area contributed by atoms with Crippen LogP contribution in [-0.4, -0.2) is 25.5 Å². The quantitative estimate of drug-likeness (QED) is 0.790. The van der Waals surface area contributed by atoms with E-state index in [1.54, 1.807) is 0 Å². The second-order valence-corrected chi connectivity index (χ2v) is 3.97. The Labute approximate surface area is 86.7 Å². The lowest BCUT2D eigenvalue weighted by atomic mass is 10.0. The van der Waals surface area contributed by atoms with Gasteiger partial charge in [-0.2, -0.15) is 0 Å². The molecule has 1 rings (SSSR count). The van der Waals surface area contributed by atoms with E-state index in [0.29, 0.717) is 6.04 Å². The van der Waals surface area contributed by atoms with Crippen LogP contribution in [0.15, 0.2) is 24.3 Å². The Bertz CT molecular complexity index is 281. The summed E-state index contributed by atoms with van der Waals surface area (Å²) in [6.45, 7) is 2.86. The maximum atomic E-state index is 5.62. The molecular formula is C12H20N2. The summed E-state index contributed by atoms with van der Waals surface area (Å²) in [5, 5.41) is 0. The molecular weight excluding hydrogens is 172 g/mol. The Morgan fingerprint density at radius 1 is 1.36 bits per heavy atom. The molecule has 0 aliphatic rings. The fourth-order valence-corrected chi connectivity index (χ4v) is 1.76. The standard InChI is InChI=1S/C12H20N2/c1-10-5-4-6-11(9-10)12(7-8-13)14(2)3/h4-6,9,12H,7-8,13H2,1-3H3. The molecule has 0 spiro atoms. The topological polar surface area (TPSA) is 29.3 Å². The Hall–Kier alpha value is -0.860. The molecule has 0 saturated heterocycles. The summed E-state index contributed by atoms with van der Waals surface area (Å²) in [7, 11) is 4.20. The van der Waals surface area contributed by atoms with Gasteiger partial charge in [-0.05, 0) is 39.5 Å². The summed E-state index contributed by atoms with van der Waals surface area (Å²) >= 11 is 0. The van der Waals surface area contributed by atoms with Crippen LogP contribution in [0.5, 0.6) is 0 Å². The molecule has 2 nitrogen and oxygen atoms in total. The van der Waals surface area contributed by atoms with Gasteiger partial charge >= 0.3 is 0 Å². The molecule has 2 N–H and O–H groups in total. The van der Waals surface area contributed by atoms with E-state index >= 15 is 0 Å². The summed E-state index contributed by atoms with van der Waals surface area (Å²) in [4.78, 5) is 2.22. The highest BCUT2D eigenvalue weighted by atomic mass is 15.1. The van der Waals surface area contributed by atoms with Gasteiger partial charge in [-0.15, -0.1) is 0 Å². The van der Waals surface area contributed by atoms with Gasteiger partial charge < -0.3 is 10.6 Å². The lowest BCUT2D eigenvalue weighted by molar-refractivity contribution is 0.287. The van der Waals surface area contributed by atoms with Crippen LogP contribution in [0.1, 0.15) is 23.6 Å². The highest BCUT2D eigenvalue weighted by Crippen LogP contribution is 2.21.